The van der Waals surface area contributed by atoms with E-state index >= 15 is 0 Å². The lowest BCUT2D eigenvalue weighted by atomic mass is 9.49. The molecule has 0 aromatic heterocycles. The van der Waals surface area contributed by atoms with Crippen LogP contribution in [-0.4, -0.2) is 11.8 Å². The van der Waals surface area contributed by atoms with E-state index in [0.29, 0.717) is 5.92 Å². The molecule has 0 radical (unpaired) electrons. The number of amides is 2. The summed E-state index contributed by atoms with van der Waals surface area (Å²) in [5.41, 5.74) is 7.54. The highest BCUT2D eigenvalue weighted by Gasteiger charge is 2.54. The van der Waals surface area contributed by atoms with Crippen LogP contribution in [0.15, 0.2) is 24.3 Å². The fourth-order valence-corrected chi connectivity index (χ4v) is 6.31. The lowest BCUT2D eigenvalue weighted by Crippen LogP contribution is -2.57. The lowest BCUT2D eigenvalue weighted by Gasteiger charge is -2.55. The molecule has 2 amide bonds. The minimum atomic E-state index is -0.287. The summed E-state index contributed by atoms with van der Waals surface area (Å²) < 4.78 is 0. The molecular formula is C24H34N2O2. The van der Waals surface area contributed by atoms with Gasteiger partial charge in [0.05, 0.1) is 11.3 Å². The Bertz CT molecular complexity index is 702. The van der Waals surface area contributed by atoms with Crippen molar-refractivity contribution in [3.63, 3.8) is 0 Å². The fraction of sp³-hybridized carbons (Fsp3) is 0.667. The van der Waals surface area contributed by atoms with Gasteiger partial charge in [0.25, 0.3) is 0 Å². The summed E-state index contributed by atoms with van der Waals surface area (Å²) in [5.74, 6) is 2.38. The minimum absolute atomic E-state index is 0.0411. The lowest BCUT2D eigenvalue weighted by molar-refractivity contribution is -0.149. The van der Waals surface area contributed by atoms with Gasteiger partial charge in [-0.25, -0.2) is 0 Å². The Labute approximate surface area is 168 Å². The summed E-state index contributed by atoms with van der Waals surface area (Å²) in [5, 5.41) is 0. The molecule has 0 spiro atoms. The van der Waals surface area contributed by atoms with Crippen LogP contribution in [0.25, 0.3) is 0 Å². The molecular weight excluding hydrogens is 348 g/mol. The second kappa shape index (κ2) is 7.53. The Morgan fingerprint density at radius 1 is 0.929 bits per heavy atom. The monoisotopic (exact) mass is 382 g/mol. The van der Waals surface area contributed by atoms with Gasteiger partial charge in [0.2, 0.25) is 11.8 Å². The molecule has 1 atom stereocenters. The highest BCUT2D eigenvalue weighted by molar-refractivity contribution is 5.88. The van der Waals surface area contributed by atoms with Gasteiger partial charge < -0.3 is 0 Å². The number of nitrogens with one attached hydrogen (secondary N) is 2. The number of hydrogen-bond acceptors (Lipinski definition) is 2. The molecule has 5 rings (SSSR count). The predicted molar refractivity (Wildman–Crippen MR) is 110 cm³/mol. The molecule has 4 nitrogen and oxygen atoms in total. The van der Waals surface area contributed by atoms with Crippen molar-refractivity contribution in [1.82, 2.24) is 10.9 Å². The number of carbonyl (C=O) groups is 2. The van der Waals surface area contributed by atoms with E-state index in [1.165, 1.54) is 24.8 Å². The Morgan fingerprint density at radius 3 is 1.96 bits per heavy atom. The maximum absolute atomic E-state index is 13.0. The van der Waals surface area contributed by atoms with Crippen molar-refractivity contribution in [2.45, 2.75) is 71.6 Å². The second-order valence-corrected chi connectivity index (χ2v) is 10.2. The van der Waals surface area contributed by atoms with E-state index in [2.05, 4.69) is 36.8 Å². The fourth-order valence-electron chi connectivity index (χ4n) is 6.31. The van der Waals surface area contributed by atoms with E-state index in [9.17, 15) is 9.59 Å². The van der Waals surface area contributed by atoms with E-state index < -0.39 is 0 Å². The van der Waals surface area contributed by atoms with E-state index in [0.717, 1.165) is 49.0 Å². The molecule has 4 fully saturated rings. The van der Waals surface area contributed by atoms with Crippen LogP contribution in [0.4, 0.5) is 0 Å². The third-order valence-corrected chi connectivity index (χ3v) is 7.34. The first-order valence-corrected chi connectivity index (χ1v) is 11.0. The number of hydrogen-bond donors (Lipinski definition) is 2. The van der Waals surface area contributed by atoms with Gasteiger partial charge in [-0.2, -0.15) is 0 Å². The summed E-state index contributed by atoms with van der Waals surface area (Å²) in [6.07, 6.45) is 7.99. The largest absolute Gasteiger partial charge is 0.273 e. The van der Waals surface area contributed by atoms with Crippen LogP contribution in [0.5, 0.6) is 0 Å². The topological polar surface area (TPSA) is 58.2 Å². The Hall–Kier alpha value is -1.84. The van der Waals surface area contributed by atoms with E-state index in [1.807, 2.05) is 19.1 Å². The van der Waals surface area contributed by atoms with Crippen LogP contribution in [0, 0.1) is 29.1 Å². The molecule has 0 unspecified atom stereocenters. The molecule has 4 aliphatic rings. The van der Waals surface area contributed by atoms with Crippen LogP contribution in [0.1, 0.15) is 76.3 Å². The van der Waals surface area contributed by atoms with Gasteiger partial charge in [0.1, 0.15) is 0 Å². The zero-order chi connectivity index (χ0) is 19.9. The summed E-state index contributed by atoms with van der Waals surface area (Å²) >= 11 is 0. The van der Waals surface area contributed by atoms with Gasteiger partial charge in [-0.15, -0.1) is 0 Å². The highest BCUT2D eigenvalue weighted by atomic mass is 16.2. The first-order valence-electron chi connectivity index (χ1n) is 11.0. The normalized spacial score (nSPS) is 31.6. The smallest absolute Gasteiger partial charge is 0.245 e. The van der Waals surface area contributed by atoms with Gasteiger partial charge in [-0.05, 0) is 86.7 Å². The van der Waals surface area contributed by atoms with Crippen LogP contribution < -0.4 is 10.9 Å². The highest BCUT2D eigenvalue weighted by Crippen LogP contribution is 2.60. The molecule has 1 aromatic carbocycles. The molecule has 152 valence electrons. The molecule has 4 saturated carbocycles. The molecule has 1 aromatic rings. The van der Waals surface area contributed by atoms with E-state index in [4.69, 9.17) is 0 Å². The summed E-state index contributed by atoms with van der Waals surface area (Å²) in [6, 6.07) is 8.27. The summed E-state index contributed by atoms with van der Waals surface area (Å²) in [7, 11) is 0. The quantitative estimate of drug-likeness (QED) is 0.744. The number of hydrazine groups is 1. The summed E-state index contributed by atoms with van der Waals surface area (Å²) in [4.78, 5) is 25.6. The maximum Gasteiger partial charge on any atom is 0.245 e. The number of carbonyl (C=O) groups excluding carboxylic acids is 2. The van der Waals surface area contributed by atoms with Gasteiger partial charge >= 0.3 is 0 Å². The van der Waals surface area contributed by atoms with Crippen LogP contribution in [-0.2, 0) is 16.0 Å². The molecule has 0 saturated heterocycles. The average Bonchev–Trinajstić information content (AvgIpc) is 2.64. The van der Waals surface area contributed by atoms with Gasteiger partial charge in [0, 0.05) is 0 Å². The third kappa shape index (κ3) is 3.83. The molecule has 4 heteroatoms. The molecule has 4 aliphatic carbocycles. The standard InChI is InChI=1S/C24H34N2O2/c1-15(2)8-17-4-6-21(7-5-17)16(3)22(27)25-26-23(28)24-12-18-9-19(13-24)11-20(10-18)14-24/h4-7,15-16,18-20H,8-14H2,1-3H3,(H,25,27)(H,26,28)/t16-,18?,19?,20?,24?/m0/s1. The number of benzene rings is 1. The van der Waals surface area contributed by atoms with Crippen molar-refractivity contribution in [2.24, 2.45) is 29.1 Å². The predicted octanol–water partition coefficient (Wildman–Crippen LogP) is 4.35. The Morgan fingerprint density at radius 2 is 1.46 bits per heavy atom. The average molecular weight is 383 g/mol. The second-order valence-electron chi connectivity index (χ2n) is 10.2. The van der Waals surface area contributed by atoms with Crippen molar-refractivity contribution in [3.8, 4) is 0 Å². The molecule has 2 N–H and O–H groups in total. The van der Waals surface area contributed by atoms with Crippen LogP contribution in [0.3, 0.4) is 0 Å². The van der Waals surface area contributed by atoms with Gasteiger partial charge in [0.15, 0.2) is 0 Å². The van der Waals surface area contributed by atoms with Crippen molar-refractivity contribution in [2.75, 3.05) is 0 Å². The Balaban J connectivity index is 1.33. The molecule has 4 bridgehead atoms. The van der Waals surface area contributed by atoms with Crippen molar-refractivity contribution in [1.29, 1.82) is 0 Å². The first kappa shape index (κ1) is 19.5. The first-order chi connectivity index (χ1) is 13.3. The Kier molecular flexibility index (Phi) is 5.24. The zero-order valence-corrected chi connectivity index (χ0v) is 17.5. The van der Waals surface area contributed by atoms with Crippen LogP contribution in [0.2, 0.25) is 0 Å². The minimum Gasteiger partial charge on any atom is -0.273 e. The van der Waals surface area contributed by atoms with Crippen molar-refractivity contribution in [3.05, 3.63) is 35.4 Å². The maximum atomic E-state index is 13.0. The van der Waals surface area contributed by atoms with Crippen molar-refractivity contribution < 1.29 is 9.59 Å². The third-order valence-electron chi connectivity index (χ3n) is 7.34. The van der Waals surface area contributed by atoms with E-state index in [-0.39, 0.29) is 23.1 Å². The van der Waals surface area contributed by atoms with Gasteiger partial charge in [-0.3, -0.25) is 20.4 Å². The molecule has 28 heavy (non-hydrogen) atoms. The van der Waals surface area contributed by atoms with Crippen molar-refractivity contribution >= 4 is 11.8 Å². The van der Waals surface area contributed by atoms with E-state index in [1.54, 1.807) is 0 Å². The van der Waals surface area contributed by atoms with Gasteiger partial charge in [-0.1, -0.05) is 38.1 Å². The SMILES string of the molecule is CC(C)Cc1ccc([C@H](C)C(=O)NNC(=O)C23CC4CC(CC(C4)C2)C3)cc1. The molecule has 0 heterocycles. The van der Waals surface area contributed by atoms with Crippen LogP contribution >= 0.6 is 0 Å². The number of rotatable bonds is 5. The zero-order valence-electron chi connectivity index (χ0n) is 17.5. The summed E-state index contributed by atoms with van der Waals surface area (Å²) in [6.45, 7) is 6.30. The molecule has 0 aliphatic heterocycles.